The largest absolute Gasteiger partial charge is 0.376 e. The summed E-state index contributed by atoms with van der Waals surface area (Å²) in [6.07, 6.45) is 2.44. The topological polar surface area (TPSA) is 45.7 Å². The summed E-state index contributed by atoms with van der Waals surface area (Å²) in [6.45, 7) is 8.62. The Morgan fingerprint density at radius 2 is 2.14 bits per heavy atom. The molecular weight excluding hydrogens is 286 g/mol. The Balaban J connectivity index is 1.54. The van der Waals surface area contributed by atoms with Crippen LogP contribution in [0.3, 0.4) is 0 Å². The second-order valence-corrected chi connectivity index (χ2v) is 7.01. The number of rotatable bonds is 2. The lowest BCUT2D eigenvalue weighted by Crippen LogP contribution is -2.51. The molecule has 0 bridgehead atoms. The molecule has 6 heteroatoms. The maximum atomic E-state index is 12.4. The molecule has 5 nitrogen and oxygen atoms in total. The molecule has 1 amide bonds. The molecule has 1 aromatic heterocycles. The van der Waals surface area contributed by atoms with Gasteiger partial charge in [0, 0.05) is 37.6 Å². The summed E-state index contributed by atoms with van der Waals surface area (Å²) in [7, 11) is 0. The SMILES string of the molecule is Cc1nc(C(=O)N2CCC(N3CCO[C@@H](C)C3)CC2)cs1. The van der Waals surface area contributed by atoms with Crippen molar-refractivity contribution in [2.45, 2.75) is 38.8 Å². The second kappa shape index (κ2) is 6.42. The van der Waals surface area contributed by atoms with Crippen molar-refractivity contribution < 1.29 is 9.53 Å². The Hall–Kier alpha value is -0.980. The lowest BCUT2D eigenvalue weighted by molar-refractivity contribution is -0.0423. The normalized spacial score (nSPS) is 25.2. The minimum absolute atomic E-state index is 0.0909. The third kappa shape index (κ3) is 3.44. The fraction of sp³-hybridized carbons (Fsp3) is 0.733. The first kappa shape index (κ1) is 14.9. The number of carbonyl (C=O) groups is 1. The van der Waals surface area contributed by atoms with Crippen molar-refractivity contribution in [1.29, 1.82) is 0 Å². The van der Waals surface area contributed by atoms with E-state index in [9.17, 15) is 4.79 Å². The van der Waals surface area contributed by atoms with Crippen LogP contribution < -0.4 is 0 Å². The van der Waals surface area contributed by atoms with Crippen molar-refractivity contribution in [1.82, 2.24) is 14.8 Å². The van der Waals surface area contributed by atoms with Gasteiger partial charge >= 0.3 is 0 Å². The van der Waals surface area contributed by atoms with Crippen molar-refractivity contribution >= 4 is 17.2 Å². The zero-order chi connectivity index (χ0) is 14.8. The number of amides is 1. The van der Waals surface area contributed by atoms with E-state index in [1.54, 1.807) is 0 Å². The fourth-order valence-corrected chi connectivity index (χ4v) is 3.82. The highest BCUT2D eigenvalue weighted by Crippen LogP contribution is 2.21. The zero-order valence-electron chi connectivity index (χ0n) is 12.7. The highest BCUT2D eigenvalue weighted by molar-refractivity contribution is 7.09. The van der Waals surface area contributed by atoms with Crippen LogP contribution in [0.5, 0.6) is 0 Å². The number of morpholine rings is 1. The Morgan fingerprint density at radius 1 is 1.38 bits per heavy atom. The first-order valence-corrected chi connectivity index (χ1v) is 8.58. The van der Waals surface area contributed by atoms with E-state index < -0.39 is 0 Å². The molecule has 2 aliphatic heterocycles. The smallest absolute Gasteiger partial charge is 0.273 e. The summed E-state index contributed by atoms with van der Waals surface area (Å²) >= 11 is 1.54. The molecular formula is C15H23N3O2S. The number of likely N-dealkylation sites (tertiary alicyclic amines) is 1. The van der Waals surface area contributed by atoms with Gasteiger partial charge < -0.3 is 9.64 Å². The summed E-state index contributed by atoms with van der Waals surface area (Å²) < 4.78 is 5.61. The van der Waals surface area contributed by atoms with E-state index in [2.05, 4.69) is 16.8 Å². The first-order valence-electron chi connectivity index (χ1n) is 7.70. The quantitative estimate of drug-likeness (QED) is 0.835. The van der Waals surface area contributed by atoms with Gasteiger partial charge in [-0.2, -0.15) is 0 Å². The number of aryl methyl sites for hydroxylation is 1. The number of thiazole rings is 1. The van der Waals surface area contributed by atoms with E-state index in [4.69, 9.17) is 4.74 Å². The molecule has 21 heavy (non-hydrogen) atoms. The minimum Gasteiger partial charge on any atom is -0.376 e. The van der Waals surface area contributed by atoms with Gasteiger partial charge in [0.05, 0.1) is 17.7 Å². The molecule has 0 spiro atoms. The summed E-state index contributed by atoms with van der Waals surface area (Å²) in [5, 5.41) is 2.82. The van der Waals surface area contributed by atoms with E-state index in [-0.39, 0.29) is 5.91 Å². The highest BCUT2D eigenvalue weighted by atomic mass is 32.1. The summed E-state index contributed by atoms with van der Waals surface area (Å²) in [4.78, 5) is 21.2. The lowest BCUT2D eigenvalue weighted by atomic mass is 10.0. The van der Waals surface area contributed by atoms with E-state index in [0.717, 1.165) is 50.6 Å². The van der Waals surface area contributed by atoms with Crippen molar-refractivity contribution in [3.63, 3.8) is 0 Å². The number of hydrogen-bond donors (Lipinski definition) is 0. The third-order valence-electron chi connectivity index (χ3n) is 4.38. The van der Waals surface area contributed by atoms with Gasteiger partial charge in [0.25, 0.3) is 5.91 Å². The van der Waals surface area contributed by atoms with Gasteiger partial charge in [0.1, 0.15) is 5.69 Å². The van der Waals surface area contributed by atoms with E-state index >= 15 is 0 Å². The van der Waals surface area contributed by atoms with Gasteiger partial charge in [-0.1, -0.05) is 0 Å². The number of carbonyl (C=O) groups excluding carboxylic acids is 1. The molecule has 2 aliphatic rings. The number of hydrogen-bond acceptors (Lipinski definition) is 5. The maximum Gasteiger partial charge on any atom is 0.273 e. The zero-order valence-corrected chi connectivity index (χ0v) is 13.6. The van der Waals surface area contributed by atoms with Crippen LogP contribution in [-0.2, 0) is 4.74 Å². The standard InChI is InChI=1S/C15H23N3O2S/c1-11-9-18(7-8-20-11)13-3-5-17(6-4-13)15(19)14-10-21-12(2)16-14/h10-11,13H,3-9H2,1-2H3/t11-/m0/s1. The predicted octanol–water partition coefficient (Wildman–Crippen LogP) is 1.78. The fourth-order valence-electron chi connectivity index (χ4n) is 3.23. The summed E-state index contributed by atoms with van der Waals surface area (Å²) in [5.41, 5.74) is 0.607. The predicted molar refractivity (Wildman–Crippen MR) is 82.8 cm³/mol. The molecule has 2 fully saturated rings. The van der Waals surface area contributed by atoms with Gasteiger partial charge in [-0.05, 0) is 26.7 Å². The van der Waals surface area contributed by atoms with Crippen molar-refractivity contribution in [2.24, 2.45) is 0 Å². The van der Waals surface area contributed by atoms with Crippen LogP contribution >= 0.6 is 11.3 Å². The van der Waals surface area contributed by atoms with Crippen LogP contribution in [0.25, 0.3) is 0 Å². The number of nitrogens with zero attached hydrogens (tertiary/aromatic N) is 3. The van der Waals surface area contributed by atoms with Crippen molar-refractivity contribution in [3.05, 3.63) is 16.1 Å². The van der Waals surface area contributed by atoms with Crippen LogP contribution in [0.15, 0.2) is 5.38 Å². The monoisotopic (exact) mass is 309 g/mol. The van der Waals surface area contributed by atoms with Crippen LogP contribution in [-0.4, -0.2) is 65.6 Å². The van der Waals surface area contributed by atoms with E-state index in [1.807, 2.05) is 17.2 Å². The van der Waals surface area contributed by atoms with E-state index in [1.165, 1.54) is 11.3 Å². The Bertz CT molecular complexity index is 497. The number of ether oxygens (including phenoxy) is 1. The van der Waals surface area contributed by atoms with Gasteiger partial charge in [0.2, 0.25) is 0 Å². The van der Waals surface area contributed by atoms with Crippen LogP contribution in [0.1, 0.15) is 35.3 Å². The van der Waals surface area contributed by atoms with Crippen molar-refractivity contribution in [2.75, 3.05) is 32.8 Å². The van der Waals surface area contributed by atoms with Crippen molar-refractivity contribution in [3.8, 4) is 0 Å². The molecule has 0 N–H and O–H groups in total. The minimum atomic E-state index is 0.0909. The lowest BCUT2D eigenvalue weighted by Gasteiger charge is -2.41. The molecule has 0 aliphatic carbocycles. The molecule has 3 heterocycles. The van der Waals surface area contributed by atoms with Crippen LogP contribution in [0, 0.1) is 6.92 Å². The van der Waals surface area contributed by atoms with Gasteiger partial charge in [-0.25, -0.2) is 4.98 Å². The molecule has 1 atom stereocenters. The molecule has 3 rings (SSSR count). The van der Waals surface area contributed by atoms with Gasteiger partial charge in [-0.15, -0.1) is 11.3 Å². The third-order valence-corrected chi connectivity index (χ3v) is 5.15. The molecule has 1 aromatic rings. The molecule has 0 saturated carbocycles. The molecule has 0 aromatic carbocycles. The Labute approximate surface area is 129 Å². The average Bonchev–Trinajstić information content (AvgIpc) is 2.93. The van der Waals surface area contributed by atoms with Gasteiger partial charge in [0.15, 0.2) is 0 Å². The maximum absolute atomic E-state index is 12.4. The molecule has 0 radical (unpaired) electrons. The van der Waals surface area contributed by atoms with Crippen LogP contribution in [0.2, 0.25) is 0 Å². The van der Waals surface area contributed by atoms with Crippen LogP contribution in [0.4, 0.5) is 0 Å². The first-order chi connectivity index (χ1) is 10.1. The Kier molecular flexibility index (Phi) is 4.57. The highest BCUT2D eigenvalue weighted by Gasteiger charge is 2.30. The molecule has 116 valence electrons. The van der Waals surface area contributed by atoms with Gasteiger partial charge in [-0.3, -0.25) is 9.69 Å². The average molecular weight is 309 g/mol. The van der Waals surface area contributed by atoms with E-state index in [0.29, 0.717) is 17.8 Å². The summed E-state index contributed by atoms with van der Waals surface area (Å²) in [6, 6.07) is 0.595. The summed E-state index contributed by atoms with van der Waals surface area (Å²) in [5.74, 6) is 0.0909. The number of piperidine rings is 1. The molecule has 2 saturated heterocycles. The second-order valence-electron chi connectivity index (χ2n) is 5.95. The Morgan fingerprint density at radius 3 is 2.76 bits per heavy atom. The number of aromatic nitrogens is 1. The molecule has 0 unspecified atom stereocenters.